The van der Waals surface area contributed by atoms with Gasteiger partial charge in [-0.1, -0.05) is 97.1 Å². The Morgan fingerprint density at radius 1 is 0.396 bits per heavy atom. The van der Waals surface area contributed by atoms with Crippen molar-refractivity contribution in [2.75, 3.05) is 0 Å². The summed E-state index contributed by atoms with van der Waals surface area (Å²) in [4.78, 5) is 0. The van der Waals surface area contributed by atoms with Crippen molar-refractivity contribution in [1.29, 1.82) is 10.5 Å². The Morgan fingerprint density at radius 3 is 1.42 bits per heavy atom. The van der Waals surface area contributed by atoms with Crippen molar-refractivity contribution in [2.24, 2.45) is 0 Å². The van der Waals surface area contributed by atoms with Crippen LogP contribution in [0.5, 0.6) is 0 Å². The van der Waals surface area contributed by atoms with Crippen molar-refractivity contribution in [2.45, 2.75) is 0 Å². The molecular weight excluding hydrogens is 585 g/mol. The van der Waals surface area contributed by atoms with Gasteiger partial charge in [-0.05, 0) is 77.4 Å². The van der Waals surface area contributed by atoms with Crippen LogP contribution in [0.15, 0.2) is 158 Å². The van der Waals surface area contributed by atoms with Crippen molar-refractivity contribution in [3.8, 4) is 45.8 Å². The van der Waals surface area contributed by atoms with Gasteiger partial charge in [0.2, 0.25) is 0 Å². The van der Waals surface area contributed by atoms with Crippen molar-refractivity contribution in [3.63, 3.8) is 0 Å². The van der Waals surface area contributed by atoms with E-state index in [9.17, 15) is 10.5 Å². The molecule has 7 aromatic carbocycles. The smallest absolute Gasteiger partial charge is 0.0992 e. The minimum Gasteiger partial charge on any atom is -0.309 e. The zero-order valence-corrected chi connectivity index (χ0v) is 25.8. The van der Waals surface area contributed by atoms with Gasteiger partial charge in [-0.25, -0.2) is 0 Å². The Hall–Kier alpha value is -6.88. The minimum atomic E-state index is 0.581. The first-order valence-corrected chi connectivity index (χ1v) is 15.9. The summed E-state index contributed by atoms with van der Waals surface area (Å²) in [7, 11) is 0. The first-order chi connectivity index (χ1) is 23.7. The third kappa shape index (κ3) is 4.14. The fourth-order valence-electron chi connectivity index (χ4n) is 7.32. The second-order valence-electron chi connectivity index (χ2n) is 12.0. The zero-order valence-electron chi connectivity index (χ0n) is 25.8. The van der Waals surface area contributed by atoms with E-state index in [2.05, 4.69) is 143 Å². The van der Waals surface area contributed by atoms with Gasteiger partial charge >= 0.3 is 0 Å². The molecule has 0 N–H and O–H groups in total. The van der Waals surface area contributed by atoms with Crippen LogP contribution in [-0.4, -0.2) is 9.13 Å². The number of para-hydroxylation sites is 4. The molecule has 222 valence electrons. The molecule has 0 saturated carbocycles. The van der Waals surface area contributed by atoms with Crippen molar-refractivity contribution in [3.05, 3.63) is 169 Å². The largest absolute Gasteiger partial charge is 0.309 e. The lowest BCUT2D eigenvalue weighted by Crippen LogP contribution is -2.00. The quantitative estimate of drug-likeness (QED) is 0.199. The highest BCUT2D eigenvalue weighted by Gasteiger charge is 2.20. The van der Waals surface area contributed by atoms with E-state index in [4.69, 9.17) is 0 Å². The number of nitriles is 2. The van der Waals surface area contributed by atoms with E-state index in [1.54, 1.807) is 0 Å². The van der Waals surface area contributed by atoms with Crippen LogP contribution in [0.3, 0.4) is 0 Å². The molecular formula is C44H26N4. The number of rotatable bonds is 4. The highest BCUT2D eigenvalue weighted by atomic mass is 15.0. The summed E-state index contributed by atoms with van der Waals surface area (Å²) in [6.45, 7) is 0. The van der Waals surface area contributed by atoms with Gasteiger partial charge in [0.25, 0.3) is 0 Å². The molecule has 0 aliphatic rings. The Morgan fingerprint density at radius 2 is 0.896 bits per heavy atom. The van der Waals surface area contributed by atoms with E-state index in [1.807, 2.05) is 36.4 Å². The lowest BCUT2D eigenvalue weighted by atomic mass is 9.91. The van der Waals surface area contributed by atoms with Crippen LogP contribution in [0.25, 0.3) is 77.2 Å². The number of nitrogens with zero attached hydrogens (tertiary/aromatic N) is 4. The number of hydrogen-bond donors (Lipinski definition) is 0. The van der Waals surface area contributed by atoms with E-state index >= 15 is 0 Å². The normalized spacial score (nSPS) is 11.3. The Balaban J connectivity index is 1.37. The number of benzene rings is 7. The molecule has 0 amide bonds. The summed E-state index contributed by atoms with van der Waals surface area (Å²) in [5, 5.41) is 24.7. The molecule has 2 aromatic heterocycles. The minimum absolute atomic E-state index is 0.581. The summed E-state index contributed by atoms with van der Waals surface area (Å²) >= 11 is 0. The summed E-state index contributed by atoms with van der Waals surface area (Å²) in [6.07, 6.45) is 0. The van der Waals surface area contributed by atoms with Crippen molar-refractivity contribution in [1.82, 2.24) is 9.13 Å². The van der Waals surface area contributed by atoms with Crippen LogP contribution >= 0.6 is 0 Å². The van der Waals surface area contributed by atoms with Crippen LogP contribution in [0.2, 0.25) is 0 Å². The Kier molecular flexibility index (Phi) is 6.22. The first kappa shape index (κ1) is 27.4. The molecule has 0 radical (unpaired) electrons. The lowest BCUT2D eigenvalue weighted by Gasteiger charge is -2.19. The highest BCUT2D eigenvalue weighted by Crippen LogP contribution is 2.42. The molecule has 0 aliphatic heterocycles. The van der Waals surface area contributed by atoms with E-state index in [-0.39, 0.29) is 0 Å². The molecule has 48 heavy (non-hydrogen) atoms. The summed E-state index contributed by atoms with van der Waals surface area (Å²) in [5.41, 5.74) is 11.5. The Labute approximate surface area is 277 Å². The van der Waals surface area contributed by atoms with Gasteiger partial charge in [0, 0.05) is 32.8 Å². The molecule has 2 heterocycles. The van der Waals surface area contributed by atoms with Crippen LogP contribution in [0, 0.1) is 22.7 Å². The molecule has 0 unspecified atom stereocenters. The van der Waals surface area contributed by atoms with Gasteiger partial charge in [0.1, 0.15) is 0 Å². The SMILES string of the molecule is N#Cc1ccc(-c2c(-c3cc(C#N)cc(-n4c5ccccc5c5ccccc54)c3)cccc2-n2c3ccccc3c3ccccc32)cc1. The van der Waals surface area contributed by atoms with Crippen LogP contribution in [0.4, 0.5) is 0 Å². The highest BCUT2D eigenvalue weighted by molar-refractivity contribution is 6.11. The number of hydrogen-bond acceptors (Lipinski definition) is 2. The number of aromatic nitrogens is 2. The van der Waals surface area contributed by atoms with E-state index < -0.39 is 0 Å². The van der Waals surface area contributed by atoms with Crippen molar-refractivity contribution < 1.29 is 0 Å². The maximum atomic E-state index is 10.3. The third-order valence-electron chi connectivity index (χ3n) is 9.36. The van der Waals surface area contributed by atoms with E-state index in [1.165, 1.54) is 21.5 Å². The van der Waals surface area contributed by atoms with Crippen LogP contribution < -0.4 is 0 Å². The van der Waals surface area contributed by atoms with Gasteiger partial charge in [0.15, 0.2) is 0 Å². The van der Waals surface area contributed by atoms with Crippen LogP contribution in [0.1, 0.15) is 11.1 Å². The summed E-state index contributed by atoms with van der Waals surface area (Å²) in [5.74, 6) is 0. The average Bonchev–Trinajstić information content (AvgIpc) is 3.67. The second-order valence-corrected chi connectivity index (χ2v) is 12.0. The standard InChI is InChI=1S/C44H26N4/c45-27-29-20-22-31(23-21-29)44-34(14-9-19-43(44)48-41-17-7-3-12-37(41)38-13-4-8-18-42(38)48)32-24-30(28-46)25-33(26-32)47-39-15-5-1-10-35(39)36-11-2-6-16-40(36)47/h1-26H. The van der Waals surface area contributed by atoms with Gasteiger partial charge in [-0.3, -0.25) is 0 Å². The number of fused-ring (bicyclic) bond motifs is 6. The molecule has 0 atom stereocenters. The maximum absolute atomic E-state index is 10.3. The molecule has 0 spiro atoms. The van der Waals surface area contributed by atoms with Gasteiger partial charge in [0.05, 0.1) is 51.0 Å². The van der Waals surface area contributed by atoms with Gasteiger partial charge in [-0.15, -0.1) is 0 Å². The fraction of sp³-hybridized carbons (Fsp3) is 0. The lowest BCUT2D eigenvalue weighted by molar-refractivity contribution is 1.17. The van der Waals surface area contributed by atoms with Gasteiger partial charge in [-0.2, -0.15) is 10.5 Å². The topological polar surface area (TPSA) is 57.4 Å². The third-order valence-corrected chi connectivity index (χ3v) is 9.36. The van der Waals surface area contributed by atoms with Gasteiger partial charge < -0.3 is 9.13 Å². The average molecular weight is 611 g/mol. The molecule has 0 aliphatic carbocycles. The first-order valence-electron chi connectivity index (χ1n) is 15.9. The Bertz CT molecular complexity index is 2690. The summed E-state index contributed by atoms with van der Waals surface area (Å²) < 4.78 is 4.59. The molecule has 0 saturated heterocycles. The van der Waals surface area contributed by atoms with Crippen molar-refractivity contribution >= 4 is 43.6 Å². The molecule has 9 aromatic rings. The molecule has 9 rings (SSSR count). The molecule has 0 bridgehead atoms. The monoisotopic (exact) mass is 610 g/mol. The second kappa shape index (κ2) is 10.9. The molecule has 4 heteroatoms. The molecule has 0 fully saturated rings. The van der Waals surface area contributed by atoms with E-state index in [0.29, 0.717) is 11.1 Å². The predicted molar refractivity (Wildman–Crippen MR) is 195 cm³/mol. The van der Waals surface area contributed by atoms with E-state index in [0.717, 1.165) is 55.7 Å². The predicted octanol–water partition coefficient (Wildman–Crippen LogP) is 11.0. The zero-order chi connectivity index (χ0) is 32.2. The van der Waals surface area contributed by atoms with Crippen LogP contribution in [-0.2, 0) is 0 Å². The fourth-order valence-corrected chi connectivity index (χ4v) is 7.32. The maximum Gasteiger partial charge on any atom is 0.0992 e. The molecule has 4 nitrogen and oxygen atoms in total. The summed E-state index contributed by atoms with van der Waals surface area (Å²) in [6, 6.07) is 58.9.